The molecule has 1 heterocycles. The first-order valence-corrected chi connectivity index (χ1v) is 8.22. The van der Waals surface area contributed by atoms with Gasteiger partial charge in [0.05, 0.1) is 17.3 Å². The van der Waals surface area contributed by atoms with Gasteiger partial charge in [0, 0.05) is 6.54 Å². The number of methoxy groups -OCH3 is 1. The summed E-state index contributed by atoms with van der Waals surface area (Å²) in [7, 11) is 1.69. The lowest BCUT2D eigenvalue weighted by molar-refractivity contribution is 0.415. The molecule has 0 fully saturated rings. The molecule has 18 heavy (non-hydrogen) atoms. The molecule has 2 aromatic rings. The third-order valence-corrected chi connectivity index (χ3v) is 4.32. The monoisotopic (exact) mass is 282 g/mol. The summed E-state index contributed by atoms with van der Waals surface area (Å²) >= 11 is 3.58. The Bertz CT molecular complexity index is 499. The number of ether oxygens (including phenoxy) is 1. The minimum Gasteiger partial charge on any atom is -0.497 e. The normalized spacial score (nSPS) is 10.8. The highest BCUT2D eigenvalue weighted by molar-refractivity contribution is 7.98. The van der Waals surface area contributed by atoms with Crippen LogP contribution in [-0.4, -0.2) is 30.6 Å². The van der Waals surface area contributed by atoms with Gasteiger partial charge in [-0.2, -0.15) is 11.8 Å². The van der Waals surface area contributed by atoms with E-state index in [2.05, 4.69) is 16.6 Å². The molecule has 5 heteroatoms. The highest BCUT2D eigenvalue weighted by Crippen LogP contribution is 2.29. The van der Waals surface area contributed by atoms with Gasteiger partial charge in [-0.25, -0.2) is 4.98 Å². The Labute approximate surface area is 116 Å². The summed E-state index contributed by atoms with van der Waals surface area (Å²) in [5.74, 6) is 2.12. The summed E-state index contributed by atoms with van der Waals surface area (Å²) in [6.07, 6.45) is 4.60. The number of benzene rings is 1. The third-order valence-electron chi connectivity index (χ3n) is 2.65. The van der Waals surface area contributed by atoms with Gasteiger partial charge in [-0.3, -0.25) is 0 Å². The molecule has 0 aliphatic carbocycles. The second kappa shape index (κ2) is 6.85. The Morgan fingerprint density at radius 3 is 3.06 bits per heavy atom. The van der Waals surface area contributed by atoms with Crippen LogP contribution in [0.4, 0.5) is 5.13 Å². The van der Waals surface area contributed by atoms with E-state index in [4.69, 9.17) is 4.74 Å². The van der Waals surface area contributed by atoms with Crippen molar-refractivity contribution in [1.82, 2.24) is 4.98 Å². The number of nitrogens with one attached hydrogen (secondary N) is 1. The Balaban J connectivity index is 1.93. The smallest absolute Gasteiger partial charge is 0.183 e. The lowest BCUT2D eigenvalue weighted by atomic mass is 10.3. The molecule has 2 rings (SSSR count). The SMILES string of the molecule is COc1ccc2nc(NCCCCSC)sc2c1. The number of thioether (sulfide) groups is 1. The van der Waals surface area contributed by atoms with E-state index in [0.717, 1.165) is 22.9 Å². The summed E-state index contributed by atoms with van der Waals surface area (Å²) in [6, 6.07) is 5.99. The molecule has 1 aromatic carbocycles. The van der Waals surface area contributed by atoms with E-state index in [1.807, 2.05) is 30.0 Å². The predicted octanol–water partition coefficient (Wildman–Crippen LogP) is 3.86. The number of hydrogen-bond acceptors (Lipinski definition) is 5. The molecule has 0 bridgehead atoms. The number of thiazole rings is 1. The topological polar surface area (TPSA) is 34.1 Å². The molecule has 0 aliphatic rings. The minimum absolute atomic E-state index is 0.887. The zero-order valence-electron chi connectivity index (χ0n) is 10.7. The van der Waals surface area contributed by atoms with Gasteiger partial charge in [0.2, 0.25) is 0 Å². The number of aromatic nitrogens is 1. The number of fused-ring (bicyclic) bond motifs is 1. The Kier molecular flexibility index (Phi) is 5.13. The largest absolute Gasteiger partial charge is 0.497 e. The molecule has 1 aromatic heterocycles. The van der Waals surface area contributed by atoms with Crippen molar-refractivity contribution < 1.29 is 4.74 Å². The third kappa shape index (κ3) is 3.53. The van der Waals surface area contributed by atoms with Gasteiger partial charge < -0.3 is 10.1 Å². The molecule has 0 amide bonds. The van der Waals surface area contributed by atoms with Crippen LogP contribution in [-0.2, 0) is 0 Å². The van der Waals surface area contributed by atoms with Crippen molar-refractivity contribution in [2.45, 2.75) is 12.8 Å². The highest BCUT2D eigenvalue weighted by Gasteiger charge is 2.04. The van der Waals surface area contributed by atoms with Gasteiger partial charge >= 0.3 is 0 Å². The van der Waals surface area contributed by atoms with E-state index in [9.17, 15) is 0 Å². The van der Waals surface area contributed by atoms with Crippen LogP contribution in [0.5, 0.6) is 5.75 Å². The molecule has 0 unspecified atom stereocenters. The highest BCUT2D eigenvalue weighted by atomic mass is 32.2. The van der Waals surface area contributed by atoms with Gasteiger partial charge in [-0.1, -0.05) is 11.3 Å². The van der Waals surface area contributed by atoms with E-state index in [1.54, 1.807) is 18.4 Å². The Hall–Kier alpha value is -0.940. The molecule has 0 atom stereocenters. The fourth-order valence-corrected chi connectivity index (χ4v) is 3.09. The minimum atomic E-state index is 0.887. The summed E-state index contributed by atoms with van der Waals surface area (Å²) in [4.78, 5) is 4.55. The molecule has 0 saturated carbocycles. The van der Waals surface area contributed by atoms with Gasteiger partial charge in [0.1, 0.15) is 5.75 Å². The van der Waals surface area contributed by atoms with Crippen LogP contribution in [0.3, 0.4) is 0 Å². The van der Waals surface area contributed by atoms with Gasteiger partial charge in [-0.15, -0.1) is 0 Å². The summed E-state index contributed by atoms with van der Waals surface area (Å²) in [5, 5.41) is 4.39. The lowest BCUT2D eigenvalue weighted by Crippen LogP contribution is -2.01. The van der Waals surface area contributed by atoms with Crippen molar-refractivity contribution in [3.8, 4) is 5.75 Å². The molecule has 0 aliphatic heterocycles. The number of unbranched alkanes of at least 4 members (excludes halogenated alkanes) is 1. The van der Waals surface area contributed by atoms with Crippen LogP contribution in [0.15, 0.2) is 18.2 Å². The summed E-state index contributed by atoms with van der Waals surface area (Å²) in [6.45, 7) is 0.998. The number of hydrogen-bond donors (Lipinski definition) is 1. The molecule has 0 saturated heterocycles. The molecule has 0 spiro atoms. The molecular weight excluding hydrogens is 264 g/mol. The summed E-state index contributed by atoms with van der Waals surface area (Å²) in [5.41, 5.74) is 1.03. The van der Waals surface area contributed by atoms with E-state index in [1.165, 1.54) is 23.3 Å². The molecule has 0 radical (unpaired) electrons. The first-order valence-electron chi connectivity index (χ1n) is 6.01. The van der Waals surface area contributed by atoms with Crippen molar-refractivity contribution in [3.05, 3.63) is 18.2 Å². The average Bonchev–Trinajstić information content (AvgIpc) is 2.80. The van der Waals surface area contributed by atoms with Crippen molar-refractivity contribution in [2.24, 2.45) is 0 Å². The van der Waals surface area contributed by atoms with Gasteiger partial charge in [0.15, 0.2) is 5.13 Å². The van der Waals surface area contributed by atoms with Crippen molar-refractivity contribution >= 4 is 38.4 Å². The number of nitrogens with zero attached hydrogens (tertiary/aromatic N) is 1. The maximum Gasteiger partial charge on any atom is 0.183 e. The molecule has 1 N–H and O–H groups in total. The van der Waals surface area contributed by atoms with Crippen molar-refractivity contribution in [2.75, 3.05) is 31.0 Å². The Morgan fingerprint density at radius 1 is 1.39 bits per heavy atom. The van der Waals surface area contributed by atoms with Crippen molar-refractivity contribution in [1.29, 1.82) is 0 Å². The van der Waals surface area contributed by atoms with E-state index in [-0.39, 0.29) is 0 Å². The van der Waals surface area contributed by atoms with E-state index < -0.39 is 0 Å². The zero-order chi connectivity index (χ0) is 12.8. The standard InChI is InChI=1S/C13H18N2OS2/c1-16-10-5-6-11-12(9-10)18-13(15-11)14-7-3-4-8-17-2/h5-6,9H,3-4,7-8H2,1-2H3,(H,14,15). The molecular formula is C13H18N2OS2. The maximum atomic E-state index is 5.21. The summed E-state index contributed by atoms with van der Waals surface area (Å²) < 4.78 is 6.38. The van der Waals surface area contributed by atoms with Crippen molar-refractivity contribution in [3.63, 3.8) is 0 Å². The van der Waals surface area contributed by atoms with Crippen LogP contribution < -0.4 is 10.1 Å². The van der Waals surface area contributed by atoms with Crippen LogP contribution in [0.25, 0.3) is 10.2 Å². The van der Waals surface area contributed by atoms with E-state index in [0.29, 0.717) is 0 Å². The second-order valence-electron chi connectivity index (χ2n) is 3.98. The Morgan fingerprint density at radius 2 is 2.28 bits per heavy atom. The second-order valence-corrected chi connectivity index (χ2v) is 6.00. The first kappa shape index (κ1) is 13.5. The number of anilines is 1. The maximum absolute atomic E-state index is 5.21. The molecule has 3 nitrogen and oxygen atoms in total. The number of rotatable bonds is 7. The zero-order valence-corrected chi connectivity index (χ0v) is 12.4. The average molecular weight is 282 g/mol. The van der Waals surface area contributed by atoms with E-state index >= 15 is 0 Å². The lowest BCUT2D eigenvalue weighted by Gasteiger charge is -2.00. The van der Waals surface area contributed by atoms with Crippen LogP contribution in [0, 0.1) is 0 Å². The van der Waals surface area contributed by atoms with Crippen LogP contribution in [0.2, 0.25) is 0 Å². The predicted molar refractivity (Wildman–Crippen MR) is 82.3 cm³/mol. The van der Waals surface area contributed by atoms with Gasteiger partial charge in [-0.05, 0) is 43.0 Å². The first-order chi connectivity index (χ1) is 8.83. The fourth-order valence-electron chi connectivity index (χ4n) is 1.67. The van der Waals surface area contributed by atoms with Crippen LogP contribution in [0.1, 0.15) is 12.8 Å². The van der Waals surface area contributed by atoms with Crippen LogP contribution >= 0.6 is 23.1 Å². The molecule has 98 valence electrons. The fraction of sp³-hybridized carbons (Fsp3) is 0.462. The quantitative estimate of drug-likeness (QED) is 0.782. The van der Waals surface area contributed by atoms with Gasteiger partial charge in [0.25, 0.3) is 0 Å².